The highest BCUT2D eigenvalue weighted by Gasteiger charge is 2.10. The lowest BCUT2D eigenvalue weighted by molar-refractivity contribution is 0.481. The molecule has 0 saturated heterocycles. The third-order valence-electron chi connectivity index (χ3n) is 3.10. The molecule has 1 N–H and O–H groups in total. The van der Waals surface area contributed by atoms with E-state index in [0.29, 0.717) is 0 Å². The monoisotopic (exact) mass is 249 g/mol. The lowest BCUT2D eigenvalue weighted by Gasteiger charge is -2.18. The van der Waals surface area contributed by atoms with Crippen molar-refractivity contribution in [1.29, 1.82) is 0 Å². The van der Waals surface area contributed by atoms with Gasteiger partial charge in [-0.25, -0.2) is 4.39 Å². The van der Waals surface area contributed by atoms with Crippen LogP contribution in [0.25, 0.3) is 0 Å². The zero-order chi connectivity index (χ0) is 13.2. The van der Waals surface area contributed by atoms with Crippen LogP contribution >= 0.6 is 0 Å². The molecule has 0 saturated carbocycles. The van der Waals surface area contributed by atoms with Crippen LogP contribution in [0.3, 0.4) is 0 Å². The van der Waals surface area contributed by atoms with Gasteiger partial charge in [0, 0.05) is 6.04 Å². The van der Waals surface area contributed by atoms with E-state index in [4.69, 9.17) is 0 Å². The molecular weight excluding hydrogens is 225 g/mol. The fraction of sp³-hybridized carbons (Fsp3) is 0.500. The molecule has 0 heterocycles. The molecule has 100 valence electrons. The van der Waals surface area contributed by atoms with E-state index in [2.05, 4.69) is 18.8 Å². The van der Waals surface area contributed by atoms with Crippen molar-refractivity contribution in [2.45, 2.75) is 45.1 Å². The van der Waals surface area contributed by atoms with Crippen LogP contribution in [0.5, 0.6) is 0 Å². The summed E-state index contributed by atoms with van der Waals surface area (Å²) in [6.45, 7) is 6.72. The third kappa shape index (κ3) is 5.46. The molecule has 0 fully saturated rings. The van der Waals surface area contributed by atoms with Gasteiger partial charge in [0.1, 0.15) is 5.82 Å². The molecule has 0 bridgehead atoms. The second-order valence-corrected chi connectivity index (χ2v) is 4.59. The number of unbranched alkanes of at least 4 members (excludes halogenated alkanes) is 3. The van der Waals surface area contributed by atoms with Crippen LogP contribution in [-0.2, 0) is 0 Å². The Bertz CT molecular complexity index is 349. The standard InChI is InChI=1S/C16H24FN/c1-3-5-6-7-8-12-16(18-4-2)14-10-9-11-15(17)13-14/h3,9-11,13,16,18H,1,4-8,12H2,2H3. The minimum absolute atomic E-state index is 0.151. The van der Waals surface area contributed by atoms with Gasteiger partial charge >= 0.3 is 0 Å². The summed E-state index contributed by atoms with van der Waals surface area (Å²) in [5.74, 6) is -0.151. The Morgan fingerprint density at radius 3 is 2.83 bits per heavy atom. The lowest BCUT2D eigenvalue weighted by Crippen LogP contribution is -2.20. The average molecular weight is 249 g/mol. The Labute approximate surface area is 110 Å². The molecule has 1 atom stereocenters. The molecule has 0 spiro atoms. The van der Waals surface area contributed by atoms with E-state index in [0.717, 1.165) is 24.9 Å². The van der Waals surface area contributed by atoms with Crippen molar-refractivity contribution in [3.8, 4) is 0 Å². The van der Waals surface area contributed by atoms with Gasteiger partial charge in [0.15, 0.2) is 0 Å². The highest BCUT2D eigenvalue weighted by Crippen LogP contribution is 2.20. The predicted molar refractivity (Wildman–Crippen MR) is 76.1 cm³/mol. The maximum Gasteiger partial charge on any atom is 0.123 e. The number of nitrogens with one attached hydrogen (secondary N) is 1. The quantitative estimate of drug-likeness (QED) is 0.497. The minimum atomic E-state index is -0.151. The van der Waals surface area contributed by atoms with Crippen LogP contribution in [0, 0.1) is 5.82 Å². The first kappa shape index (κ1) is 14.9. The molecular formula is C16H24FN. The van der Waals surface area contributed by atoms with E-state index < -0.39 is 0 Å². The number of hydrogen-bond acceptors (Lipinski definition) is 1. The number of allylic oxidation sites excluding steroid dienone is 1. The van der Waals surface area contributed by atoms with Gasteiger partial charge in [-0.15, -0.1) is 6.58 Å². The molecule has 1 nitrogen and oxygen atoms in total. The zero-order valence-electron chi connectivity index (χ0n) is 11.3. The summed E-state index contributed by atoms with van der Waals surface area (Å²) < 4.78 is 13.2. The maximum absolute atomic E-state index is 13.2. The van der Waals surface area contributed by atoms with Crippen LogP contribution in [0.2, 0.25) is 0 Å². The van der Waals surface area contributed by atoms with E-state index in [1.54, 1.807) is 12.1 Å². The smallest absolute Gasteiger partial charge is 0.123 e. The van der Waals surface area contributed by atoms with Gasteiger partial charge in [0.25, 0.3) is 0 Å². The van der Waals surface area contributed by atoms with Crippen molar-refractivity contribution in [3.63, 3.8) is 0 Å². The predicted octanol–water partition coefficient (Wildman–Crippen LogP) is 4.61. The number of hydrogen-bond donors (Lipinski definition) is 1. The van der Waals surface area contributed by atoms with Crippen LogP contribution in [0.1, 0.15) is 50.6 Å². The van der Waals surface area contributed by atoms with Gasteiger partial charge in [-0.1, -0.05) is 38.0 Å². The second kappa shape index (κ2) is 8.87. The van der Waals surface area contributed by atoms with Gasteiger partial charge in [0.2, 0.25) is 0 Å². The van der Waals surface area contributed by atoms with E-state index >= 15 is 0 Å². The van der Waals surface area contributed by atoms with Gasteiger partial charge in [-0.2, -0.15) is 0 Å². The minimum Gasteiger partial charge on any atom is -0.310 e. The van der Waals surface area contributed by atoms with Crippen molar-refractivity contribution < 1.29 is 4.39 Å². The topological polar surface area (TPSA) is 12.0 Å². The first-order valence-electron chi connectivity index (χ1n) is 6.87. The van der Waals surface area contributed by atoms with Gasteiger partial charge < -0.3 is 5.32 Å². The molecule has 2 heteroatoms. The van der Waals surface area contributed by atoms with E-state index in [1.807, 2.05) is 12.1 Å². The van der Waals surface area contributed by atoms with Crippen LogP contribution < -0.4 is 5.32 Å². The third-order valence-corrected chi connectivity index (χ3v) is 3.10. The molecule has 0 aromatic heterocycles. The summed E-state index contributed by atoms with van der Waals surface area (Å²) in [7, 11) is 0. The fourth-order valence-electron chi connectivity index (χ4n) is 2.17. The molecule has 0 radical (unpaired) electrons. The molecule has 0 amide bonds. The van der Waals surface area contributed by atoms with Crippen molar-refractivity contribution in [2.75, 3.05) is 6.54 Å². The Morgan fingerprint density at radius 1 is 1.33 bits per heavy atom. The van der Waals surface area contributed by atoms with Crippen molar-refractivity contribution >= 4 is 0 Å². The molecule has 0 aliphatic rings. The van der Waals surface area contributed by atoms with Crippen LogP contribution in [0.15, 0.2) is 36.9 Å². The summed E-state index contributed by atoms with van der Waals surface area (Å²) in [5, 5.41) is 3.43. The van der Waals surface area contributed by atoms with Crippen molar-refractivity contribution in [3.05, 3.63) is 48.3 Å². The van der Waals surface area contributed by atoms with Gasteiger partial charge in [-0.3, -0.25) is 0 Å². The molecule has 1 aromatic rings. The highest BCUT2D eigenvalue weighted by atomic mass is 19.1. The lowest BCUT2D eigenvalue weighted by atomic mass is 10.00. The fourth-order valence-corrected chi connectivity index (χ4v) is 2.17. The van der Waals surface area contributed by atoms with Crippen LogP contribution in [-0.4, -0.2) is 6.54 Å². The maximum atomic E-state index is 13.2. The average Bonchev–Trinajstić information content (AvgIpc) is 2.37. The van der Waals surface area contributed by atoms with E-state index in [1.165, 1.54) is 25.3 Å². The summed E-state index contributed by atoms with van der Waals surface area (Å²) >= 11 is 0. The molecule has 0 aliphatic heterocycles. The Balaban J connectivity index is 2.46. The van der Waals surface area contributed by atoms with E-state index in [-0.39, 0.29) is 11.9 Å². The summed E-state index contributed by atoms with van der Waals surface area (Å²) in [5.41, 5.74) is 1.06. The summed E-state index contributed by atoms with van der Waals surface area (Å²) in [6.07, 6.45) is 7.70. The Kier molecular flexibility index (Phi) is 7.35. The second-order valence-electron chi connectivity index (χ2n) is 4.59. The van der Waals surface area contributed by atoms with Gasteiger partial charge in [0.05, 0.1) is 0 Å². The Hall–Kier alpha value is -1.15. The Morgan fingerprint density at radius 2 is 2.17 bits per heavy atom. The molecule has 1 aromatic carbocycles. The number of rotatable bonds is 9. The van der Waals surface area contributed by atoms with Crippen molar-refractivity contribution in [2.24, 2.45) is 0 Å². The first-order chi connectivity index (χ1) is 8.77. The molecule has 1 rings (SSSR count). The highest BCUT2D eigenvalue weighted by molar-refractivity contribution is 5.20. The normalized spacial score (nSPS) is 12.3. The van der Waals surface area contributed by atoms with E-state index in [9.17, 15) is 4.39 Å². The molecule has 0 aliphatic carbocycles. The largest absolute Gasteiger partial charge is 0.310 e. The summed E-state index contributed by atoms with van der Waals surface area (Å²) in [6, 6.07) is 7.19. The number of halogens is 1. The zero-order valence-corrected chi connectivity index (χ0v) is 11.3. The molecule has 1 unspecified atom stereocenters. The molecule has 18 heavy (non-hydrogen) atoms. The number of benzene rings is 1. The SMILES string of the molecule is C=CCCCCCC(NCC)c1cccc(F)c1. The summed E-state index contributed by atoms with van der Waals surface area (Å²) in [4.78, 5) is 0. The van der Waals surface area contributed by atoms with Crippen LogP contribution in [0.4, 0.5) is 4.39 Å². The first-order valence-corrected chi connectivity index (χ1v) is 6.87. The van der Waals surface area contributed by atoms with Gasteiger partial charge in [-0.05, 0) is 43.5 Å². The van der Waals surface area contributed by atoms with Crippen molar-refractivity contribution in [1.82, 2.24) is 5.32 Å².